The van der Waals surface area contributed by atoms with Crippen LogP contribution >= 0.6 is 0 Å². The normalized spacial score (nSPS) is 13.4. The van der Waals surface area contributed by atoms with Gasteiger partial charge in [0.25, 0.3) is 6.71 Å². The van der Waals surface area contributed by atoms with E-state index in [9.17, 15) is 14.9 Å². The number of nitriles is 1. The van der Waals surface area contributed by atoms with Crippen molar-refractivity contribution in [1.29, 1.82) is 5.26 Å². The van der Waals surface area contributed by atoms with Gasteiger partial charge in [-0.1, -0.05) is 224 Å². The molecule has 0 radical (unpaired) electrons. The molecule has 18 aromatic rings. The summed E-state index contributed by atoms with van der Waals surface area (Å²) in [6.07, 6.45) is 0. The second-order valence-corrected chi connectivity index (χ2v) is 25.3. The summed E-state index contributed by atoms with van der Waals surface area (Å²) in [5.74, 6) is 0. The molecule has 3 aromatic heterocycles. The van der Waals surface area contributed by atoms with E-state index in [2.05, 4.69) is 286 Å². The topological polar surface area (TPSA) is 45.1 Å². The molecule has 7 heteroatoms. The Bertz CT molecular complexity index is 6440. The molecule has 0 aliphatic carbocycles. The molecule has 0 saturated heterocycles. The third-order valence-corrected chi connectivity index (χ3v) is 20.1. The molecular weight excluding hydrogens is 1190 g/mol. The highest BCUT2D eigenvalue weighted by atomic mass is 15.2. The highest BCUT2D eigenvalue weighted by molar-refractivity contribution is 7.00. The van der Waals surface area contributed by atoms with Crippen LogP contribution in [0.2, 0.25) is 0 Å². The van der Waals surface area contributed by atoms with E-state index in [0.717, 1.165) is 150 Å². The first-order chi connectivity index (χ1) is 51.5. The van der Waals surface area contributed by atoms with E-state index in [4.69, 9.17) is 0 Å². The maximum atomic E-state index is 10.7. The van der Waals surface area contributed by atoms with E-state index in [-0.39, 0.29) is 27.4 Å². The number of rotatable bonds is 9. The molecule has 5 heterocycles. The number of anilines is 6. The monoisotopic (exact) mass is 1250 g/mol. The average Bonchev–Trinajstić information content (AvgIpc) is 1.63. The van der Waals surface area contributed by atoms with Gasteiger partial charge in [-0.15, -0.1) is 0 Å². The van der Waals surface area contributed by atoms with E-state index in [1.165, 1.54) is 0 Å². The molecule has 98 heavy (non-hydrogen) atoms. The average molecular weight is 1250 g/mol. The Morgan fingerprint density at radius 3 is 1.15 bits per heavy atom. The molecule has 0 unspecified atom stereocenters. The summed E-state index contributed by atoms with van der Waals surface area (Å²) < 4.78 is 74.3. The Balaban J connectivity index is 0.997. The smallest absolute Gasteiger partial charge is 0.252 e. The summed E-state index contributed by atoms with van der Waals surface area (Å²) in [6.45, 7) is -0.502. The zero-order chi connectivity index (χ0) is 70.6. The van der Waals surface area contributed by atoms with Gasteiger partial charge in [0.1, 0.15) is 0 Å². The van der Waals surface area contributed by atoms with Crippen molar-refractivity contribution in [3.8, 4) is 67.6 Å². The fourth-order valence-corrected chi connectivity index (χ4v) is 15.9. The molecule has 15 aromatic carbocycles. The van der Waals surface area contributed by atoms with Crippen molar-refractivity contribution < 1.29 is 9.60 Å². The van der Waals surface area contributed by atoms with E-state index in [1.54, 1.807) is 4.57 Å². The molecule has 0 saturated carbocycles. The van der Waals surface area contributed by atoms with Gasteiger partial charge in [-0.25, -0.2) is 0 Å². The van der Waals surface area contributed by atoms with E-state index in [0.29, 0.717) is 5.69 Å². The Kier molecular flexibility index (Phi) is 10.9. The fourth-order valence-electron chi connectivity index (χ4n) is 15.9. The summed E-state index contributed by atoms with van der Waals surface area (Å²) in [6, 6.07) is 106. The SMILES string of the molecule is [2H]c1c([2H])c([2H])c2c(c1[2H])c1c([2H])c(C#N)c([2H])c([2H])c1n2-c1cc2c3c(c1)N(c1cccc4c1c1cc(-c5ccccc5)ccc1n4-c1ccccc1)c1ccc(-c4ccccc4)cc1B3c1cc(-c3ccccc3)ccc1N2c1cccc2c1c1cc(-c3ccccc3)ccc1n2-c1ccccc1. The Morgan fingerprint density at radius 1 is 0.286 bits per heavy atom. The van der Waals surface area contributed by atoms with Crippen LogP contribution in [0.15, 0.2) is 346 Å². The van der Waals surface area contributed by atoms with Crippen molar-refractivity contribution in [1.82, 2.24) is 13.7 Å². The Labute approximate surface area is 576 Å². The Morgan fingerprint density at radius 2 is 0.694 bits per heavy atom. The summed E-state index contributed by atoms with van der Waals surface area (Å²) in [5, 5.41) is 14.7. The number of hydrogen-bond donors (Lipinski definition) is 0. The largest absolute Gasteiger partial charge is 0.311 e. The van der Waals surface area contributed by atoms with Gasteiger partial charge < -0.3 is 23.5 Å². The maximum Gasteiger partial charge on any atom is 0.252 e. The molecule has 20 rings (SSSR count). The van der Waals surface area contributed by atoms with Crippen molar-refractivity contribution in [2.45, 2.75) is 0 Å². The van der Waals surface area contributed by atoms with Crippen LogP contribution in [0.25, 0.3) is 127 Å². The fraction of sp³-hybridized carbons (Fsp3) is 0. The molecule has 0 amide bonds. The van der Waals surface area contributed by atoms with Gasteiger partial charge in [-0.2, -0.15) is 5.26 Å². The quantitative estimate of drug-likeness (QED) is 0.135. The van der Waals surface area contributed by atoms with Crippen LogP contribution in [0, 0.1) is 11.3 Å². The zero-order valence-electron chi connectivity index (χ0n) is 59.6. The minimum absolute atomic E-state index is 0.00294. The molecule has 0 bridgehead atoms. The van der Waals surface area contributed by atoms with Gasteiger partial charge in [0, 0.05) is 66.4 Å². The minimum Gasteiger partial charge on any atom is -0.311 e. The van der Waals surface area contributed by atoms with Crippen LogP contribution in [0.4, 0.5) is 34.1 Å². The molecule has 454 valence electrons. The lowest BCUT2D eigenvalue weighted by Crippen LogP contribution is -2.61. The zero-order valence-corrected chi connectivity index (χ0v) is 52.6. The lowest BCUT2D eigenvalue weighted by molar-refractivity contribution is 1.16. The van der Waals surface area contributed by atoms with Gasteiger partial charge in [0.2, 0.25) is 0 Å². The van der Waals surface area contributed by atoms with Crippen molar-refractivity contribution in [3.63, 3.8) is 0 Å². The minimum atomic E-state index is -0.527. The van der Waals surface area contributed by atoms with Crippen molar-refractivity contribution in [2.75, 3.05) is 9.80 Å². The first kappa shape index (κ1) is 48.6. The van der Waals surface area contributed by atoms with Gasteiger partial charge in [0.05, 0.1) is 71.4 Å². The standard InChI is InChI=1S/C91H57BN6/c93-58-59-41-46-78-72(51-59)71-35-19-20-36-77(71)96(78)70-56-87-91-88(57-70)98(86-40-22-38-84-90(86)74-53-65(61-25-9-2-10-26-61)43-48-80(74)95(84)69-33-17-6-18-34-69)82-50-45-67(63-29-13-4-14-30-63)55-76(82)92(91)75-54-66(62-27-11-3-12-28-62)44-49-81(75)97(87)85-39-21-37-83-89(85)73-52-64(60-23-7-1-8-24-60)42-47-79(73)94(83)68-31-15-5-16-32-68/h1-57H/i19D,20D,35D,36D,41D,46D,51D. The van der Waals surface area contributed by atoms with E-state index >= 15 is 0 Å². The first-order valence-corrected chi connectivity index (χ1v) is 33.0. The number of para-hydroxylation sites is 3. The Hall–Kier alpha value is -13.1. The first-order valence-electron chi connectivity index (χ1n) is 36.5. The maximum absolute atomic E-state index is 10.7. The number of hydrogen-bond acceptors (Lipinski definition) is 3. The third kappa shape index (κ3) is 8.41. The number of aromatic nitrogens is 3. The second kappa shape index (κ2) is 22.0. The molecule has 0 N–H and O–H groups in total. The number of nitrogens with zero attached hydrogens (tertiary/aromatic N) is 6. The van der Waals surface area contributed by atoms with E-state index < -0.39 is 49.0 Å². The van der Waals surface area contributed by atoms with Gasteiger partial charge in [-0.05, 0) is 182 Å². The predicted octanol–water partition coefficient (Wildman–Crippen LogP) is 21.6. The van der Waals surface area contributed by atoms with Gasteiger partial charge in [0.15, 0.2) is 0 Å². The molecule has 6 nitrogen and oxygen atoms in total. The van der Waals surface area contributed by atoms with Crippen LogP contribution in [-0.4, -0.2) is 20.4 Å². The molecule has 0 spiro atoms. The van der Waals surface area contributed by atoms with Crippen LogP contribution in [0.5, 0.6) is 0 Å². The highest BCUT2D eigenvalue weighted by Crippen LogP contribution is 2.52. The summed E-state index contributed by atoms with van der Waals surface area (Å²) in [4.78, 5) is 4.77. The molecule has 2 aliphatic heterocycles. The summed E-state index contributed by atoms with van der Waals surface area (Å²) in [5.41, 5.74) is 22.2. The van der Waals surface area contributed by atoms with Gasteiger partial charge in [-0.3, -0.25) is 0 Å². The van der Waals surface area contributed by atoms with Crippen LogP contribution < -0.4 is 26.2 Å². The van der Waals surface area contributed by atoms with E-state index in [1.807, 2.05) is 42.5 Å². The van der Waals surface area contributed by atoms with Crippen molar-refractivity contribution >= 4 is 123 Å². The molecule has 2 aliphatic rings. The predicted molar refractivity (Wildman–Crippen MR) is 410 cm³/mol. The second-order valence-electron chi connectivity index (χ2n) is 25.3. The number of benzene rings is 15. The lowest BCUT2D eigenvalue weighted by atomic mass is 9.33. The van der Waals surface area contributed by atoms with Crippen molar-refractivity contribution in [2.24, 2.45) is 0 Å². The molecular formula is C91H57BN6. The summed E-state index contributed by atoms with van der Waals surface area (Å²) >= 11 is 0. The molecule has 0 atom stereocenters. The van der Waals surface area contributed by atoms with Gasteiger partial charge >= 0.3 is 0 Å². The third-order valence-electron chi connectivity index (χ3n) is 20.1. The summed E-state index contributed by atoms with van der Waals surface area (Å²) in [7, 11) is 0. The molecule has 0 fully saturated rings. The highest BCUT2D eigenvalue weighted by Gasteiger charge is 2.45. The van der Waals surface area contributed by atoms with Crippen LogP contribution in [-0.2, 0) is 0 Å². The van der Waals surface area contributed by atoms with Crippen molar-refractivity contribution in [3.05, 3.63) is 351 Å². The van der Waals surface area contributed by atoms with Crippen LogP contribution in [0.1, 0.15) is 15.2 Å². The number of fused-ring (bicyclic) bond motifs is 13. The lowest BCUT2D eigenvalue weighted by Gasteiger charge is -2.45. The van der Waals surface area contributed by atoms with Crippen LogP contribution in [0.3, 0.4) is 0 Å².